The van der Waals surface area contributed by atoms with Crippen LogP contribution in [0, 0.1) is 0 Å². The molecule has 0 aromatic heterocycles. The lowest BCUT2D eigenvalue weighted by molar-refractivity contribution is 0.331. The van der Waals surface area contributed by atoms with Gasteiger partial charge in [-0.05, 0) is 37.6 Å². The van der Waals surface area contributed by atoms with Gasteiger partial charge < -0.3 is 10.1 Å². The molecule has 2 nitrogen and oxygen atoms in total. The molecule has 0 spiro atoms. The van der Waals surface area contributed by atoms with Crippen molar-refractivity contribution in [1.82, 2.24) is 5.32 Å². The molecular formula is C18H22ClNO. The first kappa shape index (κ1) is 15.9. The van der Waals surface area contributed by atoms with E-state index in [1.54, 1.807) is 0 Å². The lowest BCUT2D eigenvalue weighted by Gasteiger charge is -2.22. The molecule has 0 heterocycles. The average Bonchev–Trinajstić information content (AvgIpc) is 2.50. The van der Waals surface area contributed by atoms with Crippen LogP contribution in [0.4, 0.5) is 0 Å². The second kappa shape index (κ2) is 8.06. The molecule has 1 unspecified atom stereocenters. The van der Waals surface area contributed by atoms with E-state index in [9.17, 15) is 0 Å². The summed E-state index contributed by atoms with van der Waals surface area (Å²) in [5.74, 6) is 0.943. The van der Waals surface area contributed by atoms with E-state index in [-0.39, 0.29) is 6.04 Å². The first-order chi connectivity index (χ1) is 10.3. The van der Waals surface area contributed by atoms with Crippen LogP contribution in [0.25, 0.3) is 0 Å². The zero-order valence-corrected chi connectivity index (χ0v) is 13.4. The van der Waals surface area contributed by atoms with Gasteiger partial charge in [0.15, 0.2) is 0 Å². The Bertz CT molecular complexity index is 571. The molecule has 112 valence electrons. The van der Waals surface area contributed by atoms with Gasteiger partial charge >= 0.3 is 0 Å². The van der Waals surface area contributed by atoms with E-state index in [1.807, 2.05) is 37.3 Å². The Hall–Kier alpha value is -1.51. The van der Waals surface area contributed by atoms with Gasteiger partial charge in [-0.2, -0.15) is 0 Å². The van der Waals surface area contributed by atoms with Crippen LogP contribution in [0.5, 0.6) is 5.75 Å². The van der Waals surface area contributed by atoms with Gasteiger partial charge in [-0.25, -0.2) is 0 Å². The van der Waals surface area contributed by atoms with Gasteiger partial charge in [-0.15, -0.1) is 0 Å². The van der Waals surface area contributed by atoms with Gasteiger partial charge in [-0.1, -0.05) is 54.9 Å². The molecule has 0 saturated heterocycles. The zero-order valence-electron chi connectivity index (χ0n) is 12.6. The standard InChI is InChI=1S/C18H22ClNO/c1-3-20-17(13-14-9-5-7-11-16(14)19)15-10-6-8-12-18(15)21-4-2/h5-12,17,20H,3-4,13H2,1-2H3. The monoisotopic (exact) mass is 303 g/mol. The lowest BCUT2D eigenvalue weighted by Crippen LogP contribution is -2.23. The van der Waals surface area contributed by atoms with Gasteiger partial charge in [-0.3, -0.25) is 0 Å². The summed E-state index contributed by atoms with van der Waals surface area (Å²) in [5.41, 5.74) is 2.33. The predicted octanol–water partition coefficient (Wildman–Crippen LogP) is 4.63. The van der Waals surface area contributed by atoms with E-state index < -0.39 is 0 Å². The Labute approximate surface area is 132 Å². The molecule has 0 amide bonds. The number of ether oxygens (including phenoxy) is 1. The van der Waals surface area contributed by atoms with E-state index in [0.717, 1.165) is 29.3 Å². The highest BCUT2D eigenvalue weighted by Crippen LogP contribution is 2.29. The fourth-order valence-corrected chi connectivity index (χ4v) is 2.69. The first-order valence-corrected chi connectivity index (χ1v) is 7.82. The van der Waals surface area contributed by atoms with E-state index >= 15 is 0 Å². The summed E-state index contributed by atoms with van der Waals surface area (Å²) in [7, 11) is 0. The number of rotatable bonds is 7. The molecule has 0 bridgehead atoms. The third-order valence-electron chi connectivity index (χ3n) is 3.43. The molecule has 2 rings (SSSR count). The van der Waals surface area contributed by atoms with Crippen molar-refractivity contribution < 1.29 is 4.74 Å². The molecule has 1 N–H and O–H groups in total. The summed E-state index contributed by atoms with van der Waals surface area (Å²) < 4.78 is 5.76. The summed E-state index contributed by atoms with van der Waals surface area (Å²) in [4.78, 5) is 0. The maximum atomic E-state index is 6.30. The highest BCUT2D eigenvalue weighted by Gasteiger charge is 2.16. The highest BCUT2D eigenvalue weighted by atomic mass is 35.5. The van der Waals surface area contributed by atoms with E-state index in [1.165, 1.54) is 5.56 Å². The summed E-state index contributed by atoms with van der Waals surface area (Å²) in [6.45, 7) is 5.69. The number of hydrogen-bond acceptors (Lipinski definition) is 2. The van der Waals surface area contributed by atoms with Crippen LogP contribution in [0.2, 0.25) is 5.02 Å². The Balaban J connectivity index is 2.29. The summed E-state index contributed by atoms with van der Waals surface area (Å²) in [5, 5.41) is 4.35. The Kier molecular flexibility index (Phi) is 6.09. The average molecular weight is 304 g/mol. The minimum absolute atomic E-state index is 0.192. The molecule has 0 aliphatic rings. The second-order valence-electron chi connectivity index (χ2n) is 4.88. The molecule has 1 atom stereocenters. The molecule has 0 fully saturated rings. The lowest BCUT2D eigenvalue weighted by atomic mass is 9.98. The Morgan fingerprint density at radius 3 is 2.48 bits per heavy atom. The summed E-state index contributed by atoms with van der Waals surface area (Å²) >= 11 is 6.30. The van der Waals surface area contributed by atoms with E-state index in [4.69, 9.17) is 16.3 Å². The van der Waals surface area contributed by atoms with Gasteiger partial charge in [0, 0.05) is 16.6 Å². The number of hydrogen-bond donors (Lipinski definition) is 1. The minimum Gasteiger partial charge on any atom is -0.494 e. The van der Waals surface area contributed by atoms with Crippen LogP contribution in [0.3, 0.4) is 0 Å². The van der Waals surface area contributed by atoms with Crippen LogP contribution in [0.1, 0.15) is 31.0 Å². The number of halogens is 1. The van der Waals surface area contributed by atoms with Gasteiger partial charge in [0.2, 0.25) is 0 Å². The van der Waals surface area contributed by atoms with Crippen LogP contribution in [-0.2, 0) is 6.42 Å². The molecule has 21 heavy (non-hydrogen) atoms. The van der Waals surface area contributed by atoms with Crippen LogP contribution < -0.4 is 10.1 Å². The molecule has 3 heteroatoms. The molecule has 0 saturated carbocycles. The van der Waals surface area contributed by atoms with Crippen molar-refractivity contribution >= 4 is 11.6 Å². The van der Waals surface area contributed by atoms with Gasteiger partial charge in [0.05, 0.1) is 6.61 Å². The predicted molar refractivity (Wildman–Crippen MR) is 89.2 cm³/mol. The largest absolute Gasteiger partial charge is 0.494 e. The van der Waals surface area contributed by atoms with Crippen molar-refractivity contribution in [3.8, 4) is 5.75 Å². The quantitative estimate of drug-likeness (QED) is 0.805. The van der Waals surface area contributed by atoms with Crippen molar-refractivity contribution in [3.05, 3.63) is 64.7 Å². The topological polar surface area (TPSA) is 21.3 Å². The van der Waals surface area contributed by atoms with Crippen LogP contribution >= 0.6 is 11.6 Å². The van der Waals surface area contributed by atoms with Crippen LogP contribution in [-0.4, -0.2) is 13.2 Å². The van der Waals surface area contributed by atoms with E-state index in [2.05, 4.69) is 30.4 Å². The molecule has 0 radical (unpaired) electrons. The number of nitrogens with one attached hydrogen (secondary N) is 1. The highest BCUT2D eigenvalue weighted by molar-refractivity contribution is 6.31. The maximum absolute atomic E-state index is 6.30. The second-order valence-corrected chi connectivity index (χ2v) is 5.28. The zero-order chi connectivity index (χ0) is 15.1. The fourth-order valence-electron chi connectivity index (χ4n) is 2.48. The number of likely N-dealkylation sites (N-methyl/N-ethyl adjacent to an activating group) is 1. The van der Waals surface area contributed by atoms with Crippen molar-refractivity contribution in [1.29, 1.82) is 0 Å². The minimum atomic E-state index is 0.192. The summed E-state index contributed by atoms with van der Waals surface area (Å²) in [6.07, 6.45) is 0.845. The maximum Gasteiger partial charge on any atom is 0.124 e. The number of benzene rings is 2. The van der Waals surface area contributed by atoms with Gasteiger partial charge in [0.25, 0.3) is 0 Å². The van der Waals surface area contributed by atoms with Gasteiger partial charge in [0.1, 0.15) is 5.75 Å². The van der Waals surface area contributed by atoms with Crippen molar-refractivity contribution in [3.63, 3.8) is 0 Å². The van der Waals surface area contributed by atoms with E-state index in [0.29, 0.717) is 6.61 Å². The Morgan fingerprint density at radius 2 is 1.76 bits per heavy atom. The molecule has 0 aliphatic carbocycles. The molecule has 2 aromatic carbocycles. The normalized spacial score (nSPS) is 12.1. The first-order valence-electron chi connectivity index (χ1n) is 7.44. The third-order valence-corrected chi connectivity index (χ3v) is 3.80. The number of para-hydroxylation sites is 1. The molecule has 0 aliphatic heterocycles. The summed E-state index contributed by atoms with van der Waals surface area (Å²) in [6, 6.07) is 16.4. The van der Waals surface area contributed by atoms with Crippen molar-refractivity contribution in [2.75, 3.05) is 13.2 Å². The Morgan fingerprint density at radius 1 is 1.05 bits per heavy atom. The molecular weight excluding hydrogens is 282 g/mol. The smallest absolute Gasteiger partial charge is 0.124 e. The molecule has 2 aromatic rings. The SMILES string of the molecule is CCNC(Cc1ccccc1Cl)c1ccccc1OCC. The third kappa shape index (κ3) is 4.23. The van der Waals surface area contributed by atoms with Crippen molar-refractivity contribution in [2.45, 2.75) is 26.3 Å². The van der Waals surface area contributed by atoms with Crippen LogP contribution in [0.15, 0.2) is 48.5 Å². The fraction of sp³-hybridized carbons (Fsp3) is 0.333. The van der Waals surface area contributed by atoms with Crippen molar-refractivity contribution in [2.24, 2.45) is 0 Å².